The molecule has 1 amide bonds. The van der Waals surface area contributed by atoms with E-state index in [1.54, 1.807) is 6.20 Å². The van der Waals surface area contributed by atoms with Gasteiger partial charge in [0.2, 0.25) is 0 Å². The molecule has 1 N–H and O–H groups in total. The van der Waals surface area contributed by atoms with E-state index in [4.69, 9.17) is 0 Å². The van der Waals surface area contributed by atoms with E-state index in [-0.39, 0.29) is 5.56 Å². The highest BCUT2D eigenvalue weighted by atomic mass is 19.2. The van der Waals surface area contributed by atoms with E-state index < -0.39 is 17.5 Å². The third-order valence-electron chi connectivity index (χ3n) is 3.08. The topological polar surface area (TPSA) is 42.0 Å². The molecule has 21 heavy (non-hydrogen) atoms. The van der Waals surface area contributed by atoms with Gasteiger partial charge >= 0.3 is 0 Å². The molecule has 0 fully saturated rings. The summed E-state index contributed by atoms with van der Waals surface area (Å²) < 4.78 is 25.8. The van der Waals surface area contributed by atoms with Crippen LogP contribution >= 0.6 is 0 Å². The summed E-state index contributed by atoms with van der Waals surface area (Å²) in [7, 11) is 0. The molecule has 1 aromatic carbocycles. The number of halogens is 2. The summed E-state index contributed by atoms with van der Waals surface area (Å²) in [6.07, 6.45) is 6.17. The summed E-state index contributed by atoms with van der Waals surface area (Å²) in [5.41, 5.74) is 1.28. The van der Waals surface area contributed by atoms with E-state index in [0.717, 1.165) is 37.0 Å². The molecule has 0 aliphatic heterocycles. The molecule has 5 heteroatoms. The molecule has 0 bridgehead atoms. The number of aromatic nitrogens is 1. The lowest BCUT2D eigenvalue weighted by atomic mass is 10.1. The first-order valence-corrected chi connectivity index (χ1v) is 6.79. The smallest absolute Gasteiger partial charge is 0.251 e. The van der Waals surface area contributed by atoms with Crippen molar-refractivity contribution in [3.05, 3.63) is 65.5 Å². The van der Waals surface area contributed by atoms with Gasteiger partial charge in [0.05, 0.1) is 0 Å². The first-order chi connectivity index (χ1) is 10.2. The van der Waals surface area contributed by atoms with Crippen LogP contribution in [-0.4, -0.2) is 17.4 Å². The van der Waals surface area contributed by atoms with E-state index in [9.17, 15) is 13.6 Å². The van der Waals surface area contributed by atoms with Gasteiger partial charge in [0, 0.05) is 24.5 Å². The highest BCUT2D eigenvalue weighted by Gasteiger charge is 2.08. The Morgan fingerprint density at radius 1 is 1.14 bits per heavy atom. The molecular formula is C16H16F2N2O. The van der Waals surface area contributed by atoms with E-state index in [1.807, 2.05) is 18.3 Å². The molecule has 0 atom stereocenters. The van der Waals surface area contributed by atoms with Gasteiger partial charge in [0.15, 0.2) is 11.6 Å². The zero-order valence-electron chi connectivity index (χ0n) is 11.5. The van der Waals surface area contributed by atoms with Crippen LogP contribution in [-0.2, 0) is 6.42 Å². The Kier molecular flexibility index (Phi) is 5.37. The van der Waals surface area contributed by atoms with Crippen molar-refractivity contribution in [3.63, 3.8) is 0 Å². The largest absolute Gasteiger partial charge is 0.352 e. The standard InChI is InChI=1S/C16H16F2N2O/c17-14-7-6-13(10-15(14)18)16(21)20-9-2-1-4-12-5-3-8-19-11-12/h3,5-8,10-11H,1-2,4,9H2,(H,20,21). The van der Waals surface area contributed by atoms with Gasteiger partial charge in [-0.1, -0.05) is 6.07 Å². The van der Waals surface area contributed by atoms with Crippen molar-refractivity contribution in [3.8, 4) is 0 Å². The molecule has 0 aliphatic carbocycles. The van der Waals surface area contributed by atoms with Gasteiger partial charge in [-0.05, 0) is 49.1 Å². The lowest BCUT2D eigenvalue weighted by Gasteiger charge is -2.05. The third kappa shape index (κ3) is 4.63. The van der Waals surface area contributed by atoms with Crippen LogP contribution in [0.3, 0.4) is 0 Å². The van der Waals surface area contributed by atoms with Crippen molar-refractivity contribution in [2.24, 2.45) is 0 Å². The molecule has 1 heterocycles. The van der Waals surface area contributed by atoms with Crippen LogP contribution in [0, 0.1) is 11.6 Å². The number of carbonyl (C=O) groups excluding carboxylic acids is 1. The van der Waals surface area contributed by atoms with E-state index >= 15 is 0 Å². The van der Waals surface area contributed by atoms with Gasteiger partial charge in [-0.25, -0.2) is 8.78 Å². The number of rotatable bonds is 6. The summed E-state index contributed by atoms with van der Waals surface area (Å²) in [6, 6.07) is 7.02. The number of amides is 1. The van der Waals surface area contributed by atoms with Crippen LogP contribution in [0.5, 0.6) is 0 Å². The fourth-order valence-corrected chi connectivity index (χ4v) is 1.94. The number of carbonyl (C=O) groups is 1. The first-order valence-electron chi connectivity index (χ1n) is 6.79. The lowest BCUT2D eigenvalue weighted by molar-refractivity contribution is 0.0952. The number of hydrogen-bond acceptors (Lipinski definition) is 2. The minimum atomic E-state index is -1.01. The first kappa shape index (κ1) is 15.1. The highest BCUT2D eigenvalue weighted by Crippen LogP contribution is 2.08. The lowest BCUT2D eigenvalue weighted by Crippen LogP contribution is -2.24. The Morgan fingerprint density at radius 2 is 2.00 bits per heavy atom. The Balaban J connectivity index is 1.71. The van der Waals surface area contributed by atoms with Gasteiger partial charge in [0.25, 0.3) is 5.91 Å². The molecule has 1 aromatic heterocycles. The molecule has 0 aliphatic rings. The maximum atomic E-state index is 13.0. The van der Waals surface area contributed by atoms with Crippen LogP contribution in [0.4, 0.5) is 8.78 Å². The van der Waals surface area contributed by atoms with Gasteiger partial charge < -0.3 is 5.32 Å². The molecule has 0 spiro atoms. The van der Waals surface area contributed by atoms with E-state index in [2.05, 4.69) is 10.3 Å². The predicted octanol–water partition coefficient (Wildman–Crippen LogP) is 3.11. The summed E-state index contributed by atoms with van der Waals surface area (Å²) in [5, 5.41) is 2.69. The zero-order valence-corrected chi connectivity index (χ0v) is 11.5. The molecule has 110 valence electrons. The summed E-state index contributed by atoms with van der Waals surface area (Å²) in [4.78, 5) is 15.8. The molecular weight excluding hydrogens is 274 g/mol. The van der Waals surface area contributed by atoms with Crippen molar-refractivity contribution in [1.29, 1.82) is 0 Å². The van der Waals surface area contributed by atoms with Crippen molar-refractivity contribution >= 4 is 5.91 Å². The Labute approximate surface area is 122 Å². The fourth-order valence-electron chi connectivity index (χ4n) is 1.94. The second-order valence-corrected chi connectivity index (χ2v) is 4.70. The minimum Gasteiger partial charge on any atom is -0.352 e. The average Bonchev–Trinajstić information content (AvgIpc) is 2.50. The quantitative estimate of drug-likeness (QED) is 0.831. The van der Waals surface area contributed by atoms with Crippen molar-refractivity contribution in [2.75, 3.05) is 6.54 Å². The number of hydrogen-bond donors (Lipinski definition) is 1. The molecule has 0 unspecified atom stereocenters. The zero-order chi connectivity index (χ0) is 15.1. The van der Waals surface area contributed by atoms with Crippen molar-refractivity contribution in [2.45, 2.75) is 19.3 Å². The van der Waals surface area contributed by atoms with Crippen LogP contribution in [0.1, 0.15) is 28.8 Å². The highest BCUT2D eigenvalue weighted by molar-refractivity contribution is 5.94. The third-order valence-corrected chi connectivity index (χ3v) is 3.08. The molecule has 2 rings (SSSR count). The van der Waals surface area contributed by atoms with Crippen molar-refractivity contribution in [1.82, 2.24) is 10.3 Å². The minimum absolute atomic E-state index is 0.126. The van der Waals surface area contributed by atoms with Crippen LogP contribution in [0.25, 0.3) is 0 Å². The molecule has 0 saturated carbocycles. The van der Waals surface area contributed by atoms with E-state index in [1.165, 1.54) is 6.07 Å². The number of benzene rings is 1. The fraction of sp³-hybridized carbons (Fsp3) is 0.250. The normalized spacial score (nSPS) is 10.4. The Bertz CT molecular complexity index is 602. The number of nitrogens with zero attached hydrogens (tertiary/aromatic N) is 1. The van der Waals surface area contributed by atoms with Gasteiger partial charge in [-0.3, -0.25) is 9.78 Å². The van der Waals surface area contributed by atoms with Gasteiger partial charge in [-0.2, -0.15) is 0 Å². The number of nitrogens with one attached hydrogen (secondary N) is 1. The summed E-state index contributed by atoms with van der Waals surface area (Å²) in [6.45, 7) is 0.498. The summed E-state index contributed by atoms with van der Waals surface area (Å²) in [5.74, 6) is -2.36. The average molecular weight is 290 g/mol. The second kappa shape index (κ2) is 7.47. The number of aryl methyl sites for hydroxylation is 1. The van der Waals surface area contributed by atoms with Crippen LogP contribution in [0.15, 0.2) is 42.7 Å². The van der Waals surface area contributed by atoms with Crippen LogP contribution < -0.4 is 5.32 Å². The van der Waals surface area contributed by atoms with Crippen molar-refractivity contribution < 1.29 is 13.6 Å². The van der Waals surface area contributed by atoms with Gasteiger partial charge in [0.1, 0.15) is 0 Å². The maximum Gasteiger partial charge on any atom is 0.251 e. The number of unbranched alkanes of at least 4 members (excludes halogenated alkanes) is 1. The second-order valence-electron chi connectivity index (χ2n) is 4.70. The monoisotopic (exact) mass is 290 g/mol. The molecule has 2 aromatic rings. The van der Waals surface area contributed by atoms with Gasteiger partial charge in [-0.15, -0.1) is 0 Å². The van der Waals surface area contributed by atoms with Crippen LogP contribution in [0.2, 0.25) is 0 Å². The molecule has 0 radical (unpaired) electrons. The number of pyridine rings is 1. The summed E-state index contributed by atoms with van der Waals surface area (Å²) >= 11 is 0. The Morgan fingerprint density at radius 3 is 2.71 bits per heavy atom. The molecule has 0 saturated heterocycles. The Hall–Kier alpha value is -2.30. The maximum absolute atomic E-state index is 13.0. The molecule has 3 nitrogen and oxygen atoms in total. The van der Waals surface area contributed by atoms with E-state index in [0.29, 0.717) is 6.54 Å². The SMILES string of the molecule is O=C(NCCCCc1cccnc1)c1ccc(F)c(F)c1. The predicted molar refractivity (Wildman–Crippen MR) is 75.9 cm³/mol.